The third-order valence-corrected chi connectivity index (χ3v) is 6.51. The Labute approximate surface area is 222 Å². The second-order valence-corrected chi connectivity index (χ2v) is 9.21. The first kappa shape index (κ1) is 26.8. The van der Waals surface area contributed by atoms with Crippen molar-refractivity contribution in [3.8, 4) is 11.3 Å². The summed E-state index contributed by atoms with van der Waals surface area (Å²) in [4.78, 5) is 52.1. The Morgan fingerprint density at radius 1 is 1.03 bits per heavy atom. The van der Waals surface area contributed by atoms with Gasteiger partial charge in [-0.05, 0) is 44.9 Å². The minimum Gasteiger partial charge on any atom is -0.462 e. The van der Waals surface area contributed by atoms with Crippen molar-refractivity contribution >= 4 is 23.6 Å². The van der Waals surface area contributed by atoms with Crippen LogP contribution in [0.4, 0.5) is 10.5 Å². The number of benzene rings is 2. The van der Waals surface area contributed by atoms with Gasteiger partial charge in [0, 0.05) is 36.9 Å². The van der Waals surface area contributed by atoms with E-state index in [0.717, 1.165) is 17.7 Å². The Hall–Kier alpha value is -4.27. The zero-order chi connectivity index (χ0) is 27.2. The Bertz CT molecular complexity index is 1330. The molecule has 0 radical (unpaired) electrons. The lowest BCUT2D eigenvalue weighted by atomic mass is 10.0. The van der Waals surface area contributed by atoms with Crippen LogP contribution in [0.25, 0.3) is 11.3 Å². The van der Waals surface area contributed by atoms with Crippen LogP contribution in [0.15, 0.2) is 54.6 Å². The molecule has 3 aromatic rings. The molecule has 198 valence electrons. The number of aryl methyl sites for hydroxylation is 2. The van der Waals surface area contributed by atoms with Gasteiger partial charge >= 0.3 is 12.0 Å². The summed E-state index contributed by atoms with van der Waals surface area (Å²) in [7, 11) is 0. The molecule has 1 unspecified atom stereocenters. The molecule has 9 heteroatoms. The predicted molar refractivity (Wildman–Crippen MR) is 145 cm³/mol. The van der Waals surface area contributed by atoms with Crippen LogP contribution in [0, 0.1) is 6.92 Å². The van der Waals surface area contributed by atoms with E-state index in [2.05, 4.69) is 22.2 Å². The number of carbonyl (C=O) groups is 3. The predicted octanol–water partition coefficient (Wildman–Crippen LogP) is 4.57. The smallest absolute Gasteiger partial charge is 0.342 e. The molecule has 1 N–H and O–H groups in total. The summed E-state index contributed by atoms with van der Waals surface area (Å²) in [6.45, 7) is 8.46. The molecule has 1 saturated heterocycles. The number of rotatable bonds is 6. The van der Waals surface area contributed by atoms with Crippen LogP contribution in [0.2, 0.25) is 0 Å². The molecule has 1 aliphatic rings. The molecule has 0 bridgehead atoms. The quantitative estimate of drug-likeness (QED) is 0.482. The van der Waals surface area contributed by atoms with Gasteiger partial charge in [-0.15, -0.1) is 0 Å². The highest BCUT2D eigenvalue weighted by molar-refractivity contribution is 6.07. The molecule has 2 heterocycles. The van der Waals surface area contributed by atoms with E-state index in [9.17, 15) is 14.4 Å². The molecule has 0 spiro atoms. The van der Waals surface area contributed by atoms with Gasteiger partial charge in [-0.3, -0.25) is 4.79 Å². The van der Waals surface area contributed by atoms with Crippen LogP contribution in [-0.2, 0) is 11.2 Å². The van der Waals surface area contributed by atoms with Gasteiger partial charge in [0.15, 0.2) is 0 Å². The van der Waals surface area contributed by atoms with E-state index in [1.807, 2.05) is 61.5 Å². The largest absolute Gasteiger partial charge is 0.462 e. The van der Waals surface area contributed by atoms with Crippen LogP contribution in [0.3, 0.4) is 0 Å². The third-order valence-electron chi connectivity index (χ3n) is 6.51. The number of amides is 3. The van der Waals surface area contributed by atoms with Crippen molar-refractivity contribution in [1.82, 2.24) is 19.8 Å². The number of anilines is 1. The molecule has 0 saturated carbocycles. The number of piperazine rings is 1. The minimum atomic E-state index is -0.643. The number of hydrogen-bond donors (Lipinski definition) is 1. The Balaban J connectivity index is 1.57. The number of carbonyl (C=O) groups excluding carboxylic acids is 3. The molecule has 4 rings (SSSR count). The first-order valence-electron chi connectivity index (χ1n) is 12.9. The fourth-order valence-electron chi connectivity index (χ4n) is 4.59. The van der Waals surface area contributed by atoms with Crippen molar-refractivity contribution < 1.29 is 19.1 Å². The van der Waals surface area contributed by atoms with Crippen molar-refractivity contribution in [2.24, 2.45) is 0 Å². The van der Waals surface area contributed by atoms with E-state index in [-0.39, 0.29) is 29.9 Å². The lowest BCUT2D eigenvalue weighted by Gasteiger charge is -2.39. The molecule has 2 aromatic carbocycles. The highest BCUT2D eigenvalue weighted by Gasteiger charge is 2.34. The van der Waals surface area contributed by atoms with Gasteiger partial charge in [0.1, 0.15) is 17.1 Å². The second-order valence-electron chi connectivity index (χ2n) is 9.21. The Kier molecular flexibility index (Phi) is 8.35. The van der Waals surface area contributed by atoms with Gasteiger partial charge in [0.25, 0.3) is 5.91 Å². The molecule has 9 nitrogen and oxygen atoms in total. The van der Waals surface area contributed by atoms with E-state index in [1.54, 1.807) is 23.6 Å². The van der Waals surface area contributed by atoms with Crippen LogP contribution < -0.4 is 5.32 Å². The second kappa shape index (κ2) is 11.9. The van der Waals surface area contributed by atoms with Gasteiger partial charge in [0.05, 0.1) is 12.3 Å². The summed E-state index contributed by atoms with van der Waals surface area (Å²) >= 11 is 0. The molecular weight excluding hydrogens is 482 g/mol. The molecule has 1 aromatic heterocycles. The summed E-state index contributed by atoms with van der Waals surface area (Å²) in [6, 6.07) is 16.5. The average molecular weight is 516 g/mol. The van der Waals surface area contributed by atoms with Crippen LogP contribution in [0.1, 0.15) is 53.0 Å². The number of urea groups is 1. The van der Waals surface area contributed by atoms with Crippen LogP contribution in [0.5, 0.6) is 0 Å². The maximum Gasteiger partial charge on any atom is 0.342 e. The van der Waals surface area contributed by atoms with Crippen LogP contribution in [-0.4, -0.2) is 70.0 Å². The first-order chi connectivity index (χ1) is 18.3. The van der Waals surface area contributed by atoms with E-state index < -0.39 is 11.9 Å². The molecule has 3 amide bonds. The van der Waals surface area contributed by atoms with Crippen molar-refractivity contribution in [1.29, 1.82) is 0 Å². The van der Waals surface area contributed by atoms with Crippen molar-refractivity contribution in [3.63, 3.8) is 0 Å². The van der Waals surface area contributed by atoms with E-state index in [4.69, 9.17) is 4.74 Å². The van der Waals surface area contributed by atoms with Crippen LogP contribution >= 0.6 is 0 Å². The van der Waals surface area contributed by atoms with Gasteiger partial charge in [-0.1, -0.05) is 49.4 Å². The zero-order valence-electron chi connectivity index (χ0n) is 22.2. The topological polar surface area (TPSA) is 105 Å². The van der Waals surface area contributed by atoms with E-state index in [1.165, 1.54) is 0 Å². The summed E-state index contributed by atoms with van der Waals surface area (Å²) in [5.74, 6) is -0.658. The fourth-order valence-corrected chi connectivity index (χ4v) is 4.59. The lowest BCUT2D eigenvalue weighted by Crippen LogP contribution is -2.56. The first-order valence-corrected chi connectivity index (χ1v) is 12.9. The zero-order valence-corrected chi connectivity index (χ0v) is 22.2. The molecule has 38 heavy (non-hydrogen) atoms. The van der Waals surface area contributed by atoms with Crippen molar-refractivity contribution in [2.45, 2.75) is 40.2 Å². The summed E-state index contributed by atoms with van der Waals surface area (Å²) in [5, 5.41) is 2.97. The molecule has 0 aliphatic carbocycles. The third kappa shape index (κ3) is 5.82. The van der Waals surface area contributed by atoms with Gasteiger partial charge in [0.2, 0.25) is 0 Å². The Morgan fingerprint density at radius 3 is 2.47 bits per heavy atom. The van der Waals surface area contributed by atoms with Gasteiger partial charge < -0.3 is 19.9 Å². The number of aromatic nitrogens is 2. The maximum absolute atomic E-state index is 13.8. The van der Waals surface area contributed by atoms with Crippen molar-refractivity contribution in [3.05, 3.63) is 77.2 Å². The molecule has 1 fully saturated rings. The van der Waals surface area contributed by atoms with Crippen molar-refractivity contribution in [2.75, 3.05) is 31.6 Å². The number of ether oxygens (including phenoxy) is 1. The Morgan fingerprint density at radius 2 is 1.79 bits per heavy atom. The number of nitrogens with one attached hydrogen (secondary N) is 1. The van der Waals surface area contributed by atoms with Gasteiger partial charge in [-0.2, -0.15) is 0 Å². The number of esters is 1. The summed E-state index contributed by atoms with van der Waals surface area (Å²) < 4.78 is 5.30. The monoisotopic (exact) mass is 515 g/mol. The highest BCUT2D eigenvalue weighted by Crippen LogP contribution is 2.26. The van der Waals surface area contributed by atoms with E-state index in [0.29, 0.717) is 36.7 Å². The lowest BCUT2D eigenvalue weighted by molar-refractivity contribution is 0.0505. The number of nitrogens with zero attached hydrogens (tertiary/aromatic N) is 4. The maximum atomic E-state index is 13.8. The molecule has 1 aliphatic heterocycles. The number of hydrogen-bond acceptors (Lipinski definition) is 6. The fraction of sp³-hybridized carbons (Fsp3) is 0.345. The highest BCUT2D eigenvalue weighted by atomic mass is 16.5. The molecular formula is C29H33N5O4. The normalized spacial score (nSPS) is 15.2. The SMILES string of the molecule is CCOC(=O)c1c(C(=O)N2CCN(C(=O)Nc3cccc(CC)c3)C(C)C2)nc(C)nc1-c1ccccc1. The molecule has 1 atom stereocenters. The van der Waals surface area contributed by atoms with Gasteiger partial charge in [-0.25, -0.2) is 19.6 Å². The van der Waals surface area contributed by atoms with E-state index >= 15 is 0 Å². The minimum absolute atomic E-state index is 0.0104. The standard InChI is InChI=1S/C29H33N5O4/c1-5-21-11-10-14-23(17-21)32-29(37)34-16-15-33(18-19(34)3)27(35)26-24(28(36)38-6-2)25(30-20(4)31-26)22-12-8-7-9-13-22/h7-14,17,19H,5-6,15-16,18H2,1-4H3,(H,32,37). The average Bonchev–Trinajstić information content (AvgIpc) is 2.92. The summed E-state index contributed by atoms with van der Waals surface area (Å²) in [5.41, 5.74) is 2.99. The summed E-state index contributed by atoms with van der Waals surface area (Å²) in [6.07, 6.45) is 0.878.